The van der Waals surface area contributed by atoms with E-state index < -0.39 is 11.7 Å². The fourth-order valence-corrected chi connectivity index (χ4v) is 4.20. The Kier molecular flexibility index (Phi) is 5.19. The zero-order valence-electron chi connectivity index (χ0n) is 16.4. The molecule has 156 valence electrons. The first kappa shape index (κ1) is 20.3. The molecule has 0 atom stereocenters. The fourth-order valence-electron chi connectivity index (χ4n) is 3.43. The molecule has 0 spiro atoms. The molecule has 0 saturated carbocycles. The number of carbonyl (C=O) groups excluding carboxylic acids is 1. The van der Waals surface area contributed by atoms with Gasteiger partial charge in [-0.05, 0) is 54.3 Å². The van der Waals surface area contributed by atoms with Gasteiger partial charge in [0.2, 0.25) is 0 Å². The monoisotopic (exact) mass is 432 g/mol. The number of nitrogens with zero attached hydrogens (tertiary/aromatic N) is 2. The Hall–Kier alpha value is -3.00. The fraction of sp³-hybridized carbons (Fsp3) is 0.227. The summed E-state index contributed by atoms with van der Waals surface area (Å²) < 4.78 is 44.6. The number of benzene rings is 2. The summed E-state index contributed by atoms with van der Waals surface area (Å²) in [5.74, 6) is 0.434. The lowest BCUT2D eigenvalue weighted by molar-refractivity contribution is -0.137. The molecule has 1 aliphatic heterocycles. The molecule has 1 aromatic heterocycles. The van der Waals surface area contributed by atoms with Gasteiger partial charge in [0, 0.05) is 20.1 Å². The van der Waals surface area contributed by atoms with Gasteiger partial charge in [-0.25, -0.2) is 0 Å². The van der Waals surface area contributed by atoms with Gasteiger partial charge in [0.25, 0.3) is 5.91 Å². The molecule has 1 amide bonds. The smallest absolute Gasteiger partial charge is 0.416 e. The second-order valence-corrected chi connectivity index (χ2v) is 7.98. The van der Waals surface area contributed by atoms with E-state index in [1.165, 1.54) is 17.4 Å². The Labute approximate surface area is 176 Å². The zero-order chi connectivity index (χ0) is 21.5. The van der Waals surface area contributed by atoms with Crippen LogP contribution in [0.15, 0.2) is 53.9 Å². The average molecular weight is 432 g/mol. The highest BCUT2D eigenvalue weighted by atomic mass is 32.1. The molecule has 0 fully saturated rings. The number of aryl methyl sites for hydroxylation is 1. The van der Waals surface area contributed by atoms with Gasteiger partial charge in [-0.1, -0.05) is 12.1 Å². The minimum atomic E-state index is -4.42. The minimum absolute atomic E-state index is 0.190. The number of anilines is 2. The number of thiophene rings is 1. The number of rotatable bonds is 3. The number of hydrogen-bond acceptors (Lipinski definition) is 4. The quantitative estimate of drug-likeness (QED) is 0.512. The molecule has 0 aliphatic carbocycles. The van der Waals surface area contributed by atoms with Crippen molar-refractivity contribution in [2.75, 3.05) is 29.9 Å². The Morgan fingerprint density at radius 3 is 2.47 bits per heavy atom. The second kappa shape index (κ2) is 7.68. The molecule has 2 heterocycles. The van der Waals surface area contributed by atoms with Crippen LogP contribution in [0.3, 0.4) is 0 Å². The van der Waals surface area contributed by atoms with Crippen molar-refractivity contribution in [2.45, 2.75) is 13.1 Å². The maximum Gasteiger partial charge on any atom is 0.416 e. The third kappa shape index (κ3) is 3.75. The molecule has 30 heavy (non-hydrogen) atoms. The number of alkyl halides is 3. The molecule has 0 bridgehead atoms. The zero-order valence-corrected chi connectivity index (χ0v) is 17.2. The maximum atomic E-state index is 13.3. The van der Waals surface area contributed by atoms with Gasteiger partial charge in [-0.15, -0.1) is 11.3 Å². The molecule has 8 heteroatoms. The number of halogens is 3. The SMILES string of the molecule is Cc1cc(C(F)(F)F)ccc1Oc1ccsc1C(=O)N1CCN(C)c2ccccc21. The van der Waals surface area contributed by atoms with Crippen molar-refractivity contribution >= 4 is 28.6 Å². The van der Waals surface area contributed by atoms with E-state index in [4.69, 9.17) is 4.74 Å². The molecular weight excluding hydrogens is 413 g/mol. The topological polar surface area (TPSA) is 32.8 Å². The summed E-state index contributed by atoms with van der Waals surface area (Å²) in [5.41, 5.74) is 1.40. The van der Waals surface area contributed by atoms with E-state index in [0.717, 1.165) is 23.5 Å². The third-order valence-corrected chi connectivity index (χ3v) is 5.92. The largest absolute Gasteiger partial charge is 0.455 e. The van der Waals surface area contributed by atoms with Crippen LogP contribution in [-0.4, -0.2) is 26.0 Å². The van der Waals surface area contributed by atoms with Crippen LogP contribution in [0.4, 0.5) is 24.5 Å². The van der Waals surface area contributed by atoms with E-state index in [9.17, 15) is 18.0 Å². The number of carbonyl (C=O) groups is 1. The number of hydrogen-bond donors (Lipinski definition) is 0. The number of amides is 1. The van der Waals surface area contributed by atoms with E-state index in [1.54, 1.807) is 23.3 Å². The van der Waals surface area contributed by atoms with Gasteiger partial charge < -0.3 is 14.5 Å². The average Bonchev–Trinajstić information content (AvgIpc) is 3.17. The highest BCUT2D eigenvalue weighted by Crippen LogP contribution is 2.38. The van der Waals surface area contributed by atoms with Crippen LogP contribution in [0.25, 0.3) is 0 Å². The summed E-state index contributed by atoms with van der Waals surface area (Å²) in [7, 11) is 1.98. The van der Waals surface area contributed by atoms with Crippen molar-refractivity contribution in [3.8, 4) is 11.5 Å². The first-order chi connectivity index (χ1) is 14.3. The van der Waals surface area contributed by atoms with E-state index in [2.05, 4.69) is 4.90 Å². The van der Waals surface area contributed by atoms with Crippen LogP contribution in [-0.2, 0) is 6.18 Å². The van der Waals surface area contributed by atoms with E-state index in [0.29, 0.717) is 29.3 Å². The van der Waals surface area contributed by atoms with Crippen molar-refractivity contribution < 1.29 is 22.7 Å². The van der Waals surface area contributed by atoms with Crippen LogP contribution in [0.1, 0.15) is 20.8 Å². The number of para-hydroxylation sites is 2. The van der Waals surface area contributed by atoms with Crippen molar-refractivity contribution in [2.24, 2.45) is 0 Å². The highest BCUT2D eigenvalue weighted by molar-refractivity contribution is 7.12. The molecule has 0 unspecified atom stereocenters. The highest BCUT2D eigenvalue weighted by Gasteiger charge is 2.31. The van der Waals surface area contributed by atoms with Crippen molar-refractivity contribution in [1.82, 2.24) is 0 Å². The normalized spacial score (nSPS) is 13.9. The summed E-state index contributed by atoms with van der Waals surface area (Å²) in [4.78, 5) is 17.5. The lowest BCUT2D eigenvalue weighted by Gasteiger charge is -2.35. The first-order valence-corrected chi connectivity index (χ1v) is 10.2. The molecule has 0 N–H and O–H groups in total. The number of ether oxygens (including phenoxy) is 1. The van der Waals surface area contributed by atoms with E-state index in [-0.39, 0.29) is 11.7 Å². The summed E-state index contributed by atoms with van der Waals surface area (Å²) in [6, 6.07) is 12.6. The predicted octanol–water partition coefficient (Wildman–Crippen LogP) is 5.96. The van der Waals surface area contributed by atoms with Gasteiger partial charge in [-0.2, -0.15) is 13.2 Å². The van der Waals surface area contributed by atoms with Crippen molar-refractivity contribution in [3.63, 3.8) is 0 Å². The van der Waals surface area contributed by atoms with Gasteiger partial charge in [0.1, 0.15) is 10.6 Å². The standard InChI is InChI=1S/C22H19F3N2O2S/c1-14-13-15(22(23,24)25)7-8-18(14)29-19-9-12-30-20(19)21(28)27-11-10-26(2)16-5-3-4-6-17(16)27/h3-9,12-13H,10-11H2,1-2H3. The van der Waals surface area contributed by atoms with Crippen LogP contribution < -0.4 is 14.5 Å². The van der Waals surface area contributed by atoms with E-state index in [1.807, 2.05) is 31.3 Å². The molecule has 2 aromatic carbocycles. The molecule has 3 aromatic rings. The number of likely N-dealkylation sites (N-methyl/N-ethyl adjacent to an activating group) is 1. The summed E-state index contributed by atoms with van der Waals surface area (Å²) >= 11 is 1.25. The molecule has 4 nitrogen and oxygen atoms in total. The second-order valence-electron chi connectivity index (χ2n) is 7.06. The molecule has 4 rings (SSSR count). The molecule has 0 radical (unpaired) electrons. The van der Waals surface area contributed by atoms with Crippen LogP contribution in [0, 0.1) is 6.92 Å². The summed E-state index contributed by atoms with van der Waals surface area (Å²) in [6.07, 6.45) is -4.42. The Morgan fingerprint density at radius 2 is 1.77 bits per heavy atom. The van der Waals surface area contributed by atoms with Crippen LogP contribution >= 0.6 is 11.3 Å². The first-order valence-electron chi connectivity index (χ1n) is 9.31. The van der Waals surface area contributed by atoms with Crippen LogP contribution in [0.5, 0.6) is 11.5 Å². The molecule has 0 saturated heterocycles. The summed E-state index contributed by atoms with van der Waals surface area (Å²) in [5, 5.41) is 1.74. The van der Waals surface area contributed by atoms with E-state index >= 15 is 0 Å². The van der Waals surface area contributed by atoms with Gasteiger partial charge in [-0.3, -0.25) is 4.79 Å². The van der Waals surface area contributed by atoms with Crippen LogP contribution in [0.2, 0.25) is 0 Å². The van der Waals surface area contributed by atoms with Gasteiger partial charge in [0.05, 0.1) is 16.9 Å². The lowest BCUT2D eigenvalue weighted by atomic mass is 10.1. The maximum absolute atomic E-state index is 13.3. The lowest BCUT2D eigenvalue weighted by Crippen LogP contribution is -2.42. The van der Waals surface area contributed by atoms with Crippen molar-refractivity contribution in [3.05, 3.63) is 69.9 Å². The molecule has 1 aliphatic rings. The Bertz CT molecular complexity index is 1090. The predicted molar refractivity (Wildman–Crippen MR) is 112 cm³/mol. The Balaban J connectivity index is 1.62. The Morgan fingerprint density at radius 1 is 1.03 bits per heavy atom. The van der Waals surface area contributed by atoms with Crippen molar-refractivity contribution in [1.29, 1.82) is 0 Å². The number of fused-ring (bicyclic) bond motifs is 1. The van der Waals surface area contributed by atoms with Gasteiger partial charge >= 0.3 is 6.18 Å². The minimum Gasteiger partial charge on any atom is -0.455 e. The van der Waals surface area contributed by atoms with Gasteiger partial charge in [0.15, 0.2) is 5.75 Å². The summed E-state index contributed by atoms with van der Waals surface area (Å²) in [6.45, 7) is 2.78. The molecular formula is C22H19F3N2O2S. The third-order valence-electron chi connectivity index (χ3n) is 5.03.